The van der Waals surface area contributed by atoms with Crippen LogP contribution in [0.1, 0.15) is 13.8 Å². The summed E-state index contributed by atoms with van der Waals surface area (Å²) in [6.07, 6.45) is 0. The molecular weight excluding hydrogens is 206 g/mol. The van der Waals surface area contributed by atoms with Crippen LogP contribution >= 0.6 is 0 Å². The van der Waals surface area contributed by atoms with Gasteiger partial charge in [-0.05, 0) is 13.8 Å². The molecule has 16 heavy (non-hydrogen) atoms. The van der Waals surface area contributed by atoms with E-state index >= 15 is 0 Å². The lowest BCUT2D eigenvalue weighted by atomic mass is 10.4. The lowest BCUT2D eigenvalue weighted by Crippen LogP contribution is -2.06. The van der Waals surface area contributed by atoms with Crippen molar-refractivity contribution in [2.75, 3.05) is 17.6 Å². The molecule has 0 bridgehead atoms. The van der Waals surface area contributed by atoms with Crippen molar-refractivity contribution in [1.29, 1.82) is 0 Å². The highest BCUT2D eigenvalue weighted by Gasteiger charge is 2.13. The molecule has 2 aromatic heterocycles. The number of aromatic amines is 1. The molecule has 2 heterocycles. The molecule has 0 aromatic carbocycles. The third-order valence-corrected chi connectivity index (χ3v) is 2.24. The maximum Gasteiger partial charge on any atom is 0.224 e. The van der Waals surface area contributed by atoms with Gasteiger partial charge in [0.05, 0.1) is 0 Å². The van der Waals surface area contributed by atoms with Crippen LogP contribution in [0.3, 0.4) is 0 Å². The van der Waals surface area contributed by atoms with E-state index in [4.69, 9.17) is 5.73 Å². The largest absolute Gasteiger partial charge is 0.382 e. The van der Waals surface area contributed by atoms with Crippen LogP contribution in [0, 0.1) is 0 Å². The SMILES string of the molecule is CCNc1nnc(-c2cc(N)n[nH]2)n1CC. The fourth-order valence-corrected chi connectivity index (χ4v) is 1.54. The van der Waals surface area contributed by atoms with E-state index in [-0.39, 0.29) is 0 Å². The molecule has 0 aliphatic carbocycles. The second kappa shape index (κ2) is 4.21. The maximum absolute atomic E-state index is 5.56. The Bertz CT molecular complexity index is 470. The van der Waals surface area contributed by atoms with Gasteiger partial charge in [0.2, 0.25) is 5.95 Å². The molecule has 86 valence electrons. The molecule has 0 unspecified atom stereocenters. The molecule has 2 aromatic rings. The van der Waals surface area contributed by atoms with Crippen molar-refractivity contribution in [3.05, 3.63) is 6.07 Å². The number of nitrogens with two attached hydrogens (primary N) is 1. The van der Waals surface area contributed by atoms with Crippen LogP contribution in [0.15, 0.2) is 6.07 Å². The molecule has 0 atom stereocenters. The van der Waals surface area contributed by atoms with Crippen LogP contribution in [0.2, 0.25) is 0 Å². The topological polar surface area (TPSA) is 97.4 Å². The molecule has 0 aliphatic heterocycles. The molecule has 7 nitrogen and oxygen atoms in total. The summed E-state index contributed by atoms with van der Waals surface area (Å²) in [7, 11) is 0. The average Bonchev–Trinajstić information content (AvgIpc) is 2.85. The average molecular weight is 221 g/mol. The Kier molecular flexibility index (Phi) is 2.76. The summed E-state index contributed by atoms with van der Waals surface area (Å²) in [6.45, 7) is 5.64. The highest BCUT2D eigenvalue weighted by Crippen LogP contribution is 2.19. The van der Waals surface area contributed by atoms with Crippen molar-refractivity contribution in [2.24, 2.45) is 0 Å². The number of nitrogens with zero attached hydrogens (tertiary/aromatic N) is 4. The number of hydrogen-bond donors (Lipinski definition) is 3. The Morgan fingerprint density at radius 1 is 1.44 bits per heavy atom. The van der Waals surface area contributed by atoms with Gasteiger partial charge in [-0.2, -0.15) is 5.10 Å². The summed E-state index contributed by atoms with van der Waals surface area (Å²) in [6, 6.07) is 1.74. The number of rotatable bonds is 4. The summed E-state index contributed by atoms with van der Waals surface area (Å²) in [5, 5.41) is 18.0. The van der Waals surface area contributed by atoms with Crippen LogP contribution in [0.4, 0.5) is 11.8 Å². The number of anilines is 2. The first-order valence-corrected chi connectivity index (χ1v) is 5.24. The lowest BCUT2D eigenvalue weighted by molar-refractivity contribution is 0.767. The summed E-state index contributed by atoms with van der Waals surface area (Å²) in [5.41, 5.74) is 6.33. The van der Waals surface area contributed by atoms with E-state index < -0.39 is 0 Å². The molecular formula is C9H15N7. The van der Waals surface area contributed by atoms with Crippen molar-refractivity contribution in [3.8, 4) is 11.5 Å². The van der Waals surface area contributed by atoms with E-state index in [1.54, 1.807) is 6.07 Å². The van der Waals surface area contributed by atoms with Crippen LogP contribution in [-0.4, -0.2) is 31.5 Å². The summed E-state index contributed by atoms with van der Waals surface area (Å²) >= 11 is 0. The van der Waals surface area contributed by atoms with Gasteiger partial charge in [-0.3, -0.25) is 9.67 Å². The standard InChI is InChI=1S/C9H15N7/c1-3-11-9-15-14-8(16(9)4-2)6-5-7(10)13-12-6/h5H,3-4H2,1-2H3,(H,11,15)(H3,10,12,13). The van der Waals surface area contributed by atoms with Gasteiger partial charge in [0.15, 0.2) is 5.82 Å². The zero-order valence-electron chi connectivity index (χ0n) is 9.36. The fourth-order valence-electron chi connectivity index (χ4n) is 1.54. The Morgan fingerprint density at radius 2 is 2.25 bits per heavy atom. The van der Waals surface area contributed by atoms with Gasteiger partial charge in [0.1, 0.15) is 11.5 Å². The van der Waals surface area contributed by atoms with Crippen LogP contribution in [-0.2, 0) is 6.54 Å². The zero-order valence-corrected chi connectivity index (χ0v) is 9.36. The van der Waals surface area contributed by atoms with Crippen molar-refractivity contribution in [3.63, 3.8) is 0 Å². The monoisotopic (exact) mass is 221 g/mol. The molecule has 0 fully saturated rings. The number of aromatic nitrogens is 5. The van der Waals surface area contributed by atoms with Crippen molar-refractivity contribution in [2.45, 2.75) is 20.4 Å². The van der Waals surface area contributed by atoms with Gasteiger partial charge in [-0.1, -0.05) is 0 Å². The highest BCUT2D eigenvalue weighted by atomic mass is 15.4. The Labute approximate surface area is 93.1 Å². The third kappa shape index (κ3) is 1.71. The van der Waals surface area contributed by atoms with E-state index in [0.29, 0.717) is 5.82 Å². The molecule has 7 heteroatoms. The summed E-state index contributed by atoms with van der Waals surface area (Å²) < 4.78 is 1.97. The first kappa shape index (κ1) is 10.5. The maximum atomic E-state index is 5.56. The molecule has 0 aliphatic rings. The zero-order chi connectivity index (χ0) is 11.5. The van der Waals surface area contributed by atoms with E-state index in [1.165, 1.54) is 0 Å². The van der Waals surface area contributed by atoms with Crippen molar-refractivity contribution < 1.29 is 0 Å². The second-order valence-corrected chi connectivity index (χ2v) is 3.33. The Morgan fingerprint density at radius 3 is 2.81 bits per heavy atom. The minimum Gasteiger partial charge on any atom is -0.382 e. The van der Waals surface area contributed by atoms with Crippen LogP contribution in [0.25, 0.3) is 11.5 Å². The number of nitrogen functional groups attached to an aromatic ring is 1. The third-order valence-electron chi connectivity index (χ3n) is 2.24. The minimum absolute atomic E-state index is 0.450. The molecule has 0 amide bonds. The lowest BCUT2D eigenvalue weighted by Gasteiger charge is -2.06. The predicted molar refractivity (Wildman–Crippen MR) is 61.9 cm³/mol. The number of nitrogens with one attached hydrogen (secondary N) is 2. The van der Waals surface area contributed by atoms with E-state index in [9.17, 15) is 0 Å². The molecule has 2 rings (SSSR count). The molecule has 0 saturated heterocycles. The van der Waals surface area contributed by atoms with Crippen LogP contribution in [0.5, 0.6) is 0 Å². The van der Waals surface area contributed by atoms with Crippen LogP contribution < -0.4 is 11.1 Å². The van der Waals surface area contributed by atoms with Gasteiger partial charge in [-0.25, -0.2) is 0 Å². The van der Waals surface area contributed by atoms with E-state index in [0.717, 1.165) is 30.6 Å². The summed E-state index contributed by atoms with van der Waals surface area (Å²) in [4.78, 5) is 0. The van der Waals surface area contributed by atoms with E-state index in [1.807, 2.05) is 18.4 Å². The van der Waals surface area contributed by atoms with Gasteiger partial charge >= 0.3 is 0 Å². The van der Waals surface area contributed by atoms with E-state index in [2.05, 4.69) is 25.7 Å². The van der Waals surface area contributed by atoms with Gasteiger partial charge < -0.3 is 11.1 Å². The smallest absolute Gasteiger partial charge is 0.224 e. The Hall–Kier alpha value is -2.05. The van der Waals surface area contributed by atoms with Gasteiger partial charge in [0.25, 0.3) is 0 Å². The van der Waals surface area contributed by atoms with Gasteiger partial charge in [-0.15, -0.1) is 10.2 Å². The number of H-pyrrole nitrogens is 1. The molecule has 4 N–H and O–H groups in total. The first-order valence-electron chi connectivity index (χ1n) is 5.24. The number of hydrogen-bond acceptors (Lipinski definition) is 5. The van der Waals surface area contributed by atoms with Gasteiger partial charge in [0, 0.05) is 19.2 Å². The quantitative estimate of drug-likeness (QED) is 0.706. The minimum atomic E-state index is 0.450. The predicted octanol–water partition coefficient (Wildman–Crippen LogP) is 0.702. The molecule has 0 spiro atoms. The van der Waals surface area contributed by atoms with Crippen molar-refractivity contribution in [1.82, 2.24) is 25.0 Å². The first-order chi connectivity index (χ1) is 7.76. The van der Waals surface area contributed by atoms with Crippen molar-refractivity contribution >= 4 is 11.8 Å². The Balaban J connectivity index is 2.41. The highest BCUT2D eigenvalue weighted by molar-refractivity contribution is 5.56. The normalized spacial score (nSPS) is 10.6. The summed E-state index contributed by atoms with van der Waals surface area (Å²) in [5.74, 6) is 1.95. The fraction of sp³-hybridized carbons (Fsp3) is 0.444. The molecule has 0 saturated carbocycles. The molecule has 0 radical (unpaired) electrons. The second-order valence-electron chi connectivity index (χ2n) is 3.33.